The molecule has 1 amide bonds. The van der Waals surface area contributed by atoms with Gasteiger partial charge in [-0.05, 0) is 44.9 Å². The van der Waals surface area contributed by atoms with Gasteiger partial charge in [0.25, 0.3) is 0 Å². The van der Waals surface area contributed by atoms with E-state index in [1.54, 1.807) is 6.08 Å². The van der Waals surface area contributed by atoms with Crippen LogP contribution in [0.15, 0.2) is 24.3 Å². The van der Waals surface area contributed by atoms with Gasteiger partial charge in [-0.25, -0.2) is 0 Å². The van der Waals surface area contributed by atoms with Gasteiger partial charge in [0.2, 0.25) is 5.91 Å². The lowest BCUT2D eigenvalue weighted by Gasteiger charge is -2.21. The molecular weight excluding hydrogens is 570 g/mol. The lowest BCUT2D eigenvalue weighted by molar-refractivity contribution is -0.124. The molecule has 0 saturated heterocycles. The van der Waals surface area contributed by atoms with E-state index < -0.39 is 18.2 Å². The van der Waals surface area contributed by atoms with Crippen molar-refractivity contribution in [3.05, 3.63) is 24.3 Å². The van der Waals surface area contributed by atoms with E-state index in [1.807, 2.05) is 6.08 Å². The maximum atomic E-state index is 12.4. The Morgan fingerprint density at radius 3 is 1.33 bits per heavy atom. The smallest absolute Gasteiger partial charge is 0.222 e. The lowest BCUT2D eigenvalue weighted by Crippen LogP contribution is -2.45. The van der Waals surface area contributed by atoms with E-state index in [0.717, 1.165) is 38.5 Å². The fourth-order valence-electron chi connectivity index (χ4n) is 6.10. The van der Waals surface area contributed by atoms with Crippen LogP contribution in [-0.4, -0.2) is 46.1 Å². The Kier molecular flexibility index (Phi) is 35.7. The summed E-state index contributed by atoms with van der Waals surface area (Å²) in [5.74, 6) is -0.321. The molecule has 0 saturated carbocycles. The molecule has 0 aromatic rings. The fraction of sp³-hybridized carbons (Fsp3) is 0.878. The van der Waals surface area contributed by atoms with Crippen molar-refractivity contribution in [3.8, 4) is 0 Å². The summed E-state index contributed by atoms with van der Waals surface area (Å²) in [4.78, 5) is 12.4. The molecule has 5 heteroatoms. The van der Waals surface area contributed by atoms with E-state index in [4.69, 9.17) is 0 Å². The van der Waals surface area contributed by atoms with Gasteiger partial charge in [0.1, 0.15) is 0 Å². The number of aliphatic hydroxyl groups excluding tert-OH is 3. The van der Waals surface area contributed by atoms with Gasteiger partial charge in [-0.1, -0.05) is 179 Å². The van der Waals surface area contributed by atoms with Crippen LogP contribution in [0.2, 0.25) is 0 Å². The maximum absolute atomic E-state index is 12.4. The van der Waals surface area contributed by atoms with E-state index in [9.17, 15) is 20.1 Å². The number of allylic oxidation sites excluding steroid dienone is 3. The van der Waals surface area contributed by atoms with Gasteiger partial charge < -0.3 is 20.6 Å². The van der Waals surface area contributed by atoms with E-state index in [-0.39, 0.29) is 18.9 Å². The molecule has 0 aliphatic heterocycles. The molecule has 0 fully saturated rings. The van der Waals surface area contributed by atoms with Gasteiger partial charge in [-0.2, -0.15) is 0 Å². The molecule has 46 heavy (non-hydrogen) atoms. The van der Waals surface area contributed by atoms with Crippen LogP contribution in [0.3, 0.4) is 0 Å². The normalized spacial score (nSPS) is 13.9. The number of rotatable bonds is 36. The molecular formula is C41H79NO4. The second-order valence-corrected chi connectivity index (χ2v) is 13.9. The lowest BCUT2D eigenvalue weighted by atomic mass is 10.0. The zero-order chi connectivity index (χ0) is 33.8. The topological polar surface area (TPSA) is 89.8 Å². The Morgan fingerprint density at radius 2 is 0.913 bits per heavy atom. The monoisotopic (exact) mass is 650 g/mol. The fourth-order valence-corrected chi connectivity index (χ4v) is 6.10. The Balaban J connectivity index is 3.70. The molecule has 3 atom stereocenters. The highest BCUT2D eigenvalue weighted by atomic mass is 16.3. The highest BCUT2D eigenvalue weighted by molar-refractivity contribution is 5.76. The van der Waals surface area contributed by atoms with Crippen molar-refractivity contribution in [1.82, 2.24) is 5.32 Å². The van der Waals surface area contributed by atoms with Gasteiger partial charge >= 0.3 is 0 Å². The third-order valence-corrected chi connectivity index (χ3v) is 9.23. The Bertz CT molecular complexity index is 679. The zero-order valence-electron chi connectivity index (χ0n) is 30.7. The summed E-state index contributed by atoms with van der Waals surface area (Å²) >= 11 is 0. The first-order valence-corrected chi connectivity index (χ1v) is 20.1. The number of aliphatic hydroxyl groups is 3. The van der Waals surface area contributed by atoms with Gasteiger partial charge in [-0.3, -0.25) is 4.79 Å². The first-order chi connectivity index (χ1) is 22.5. The van der Waals surface area contributed by atoms with E-state index in [0.29, 0.717) is 6.42 Å². The predicted octanol–water partition coefficient (Wildman–Crippen LogP) is 11.0. The first kappa shape index (κ1) is 44.8. The second kappa shape index (κ2) is 36.7. The van der Waals surface area contributed by atoms with Crippen LogP contribution in [0.25, 0.3) is 0 Å². The van der Waals surface area contributed by atoms with Gasteiger partial charge in [0, 0.05) is 0 Å². The SMILES string of the molecule is CCCCCCCCCCC/C=C\CCCCCCCC(O)CC(=O)NC(CO)C(O)/C=C/CCCCCCCCCCCCC. The maximum Gasteiger partial charge on any atom is 0.222 e. The van der Waals surface area contributed by atoms with Gasteiger partial charge in [-0.15, -0.1) is 0 Å². The summed E-state index contributed by atoms with van der Waals surface area (Å²) in [6.07, 6.45) is 43.1. The number of amides is 1. The van der Waals surface area contributed by atoms with Crippen LogP contribution in [0.5, 0.6) is 0 Å². The summed E-state index contributed by atoms with van der Waals surface area (Å²) in [5, 5.41) is 33.1. The summed E-state index contributed by atoms with van der Waals surface area (Å²) in [7, 11) is 0. The minimum atomic E-state index is -0.927. The van der Waals surface area contributed by atoms with Crippen molar-refractivity contribution in [2.24, 2.45) is 0 Å². The Hall–Kier alpha value is -1.17. The van der Waals surface area contributed by atoms with E-state index in [2.05, 4.69) is 31.3 Å². The molecule has 0 heterocycles. The van der Waals surface area contributed by atoms with Crippen molar-refractivity contribution in [2.75, 3.05) is 6.61 Å². The summed E-state index contributed by atoms with van der Waals surface area (Å²) in [5.41, 5.74) is 0. The molecule has 0 aromatic carbocycles. The van der Waals surface area contributed by atoms with Crippen molar-refractivity contribution in [3.63, 3.8) is 0 Å². The number of carbonyl (C=O) groups excluding carboxylic acids is 1. The van der Waals surface area contributed by atoms with Crippen LogP contribution in [0.4, 0.5) is 0 Å². The van der Waals surface area contributed by atoms with Crippen molar-refractivity contribution in [2.45, 2.75) is 225 Å². The average molecular weight is 650 g/mol. The van der Waals surface area contributed by atoms with Crippen LogP contribution in [0.1, 0.15) is 206 Å². The molecule has 5 nitrogen and oxygen atoms in total. The van der Waals surface area contributed by atoms with Crippen LogP contribution >= 0.6 is 0 Å². The zero-order valence-corrected chi connectivity index (χ0v) is 30.7. The van der Waals surface area contributed by atoms with Gasteiger partial charge in [0.15, 0.2) is 0 Å². The van der Waals surface area contributed by atoms with Crippen molar-refractivity contribution >= 4 is 5.91 Å². The van der Waals surface area contributed by atoms with Crippen molar-refractivity contribution < 1.29 is 20.1 Å². The quantitative estimate of drug-likeness (QED) is 0.0401. The van der Waals surface area contributed by atoms with Crippen molar-refractivity contribution in [1.29, 1.82) is 0 Å². The van der Waals surface area contributed by atoms with Crippen LogP contribution < -0.4 is 5.32 Å². The molecule has 0 aliphatic rings. The minimum Gasteiger partial charge on any atom is -0.394 e. The molecule has 272 valence electrons. The summed E-state index contributed by atoms with van der Waals surface area (Å²) in [6.45, 7) is 4.20. The molecule has 0 spiro atoms. The number of unbranched alkanes of at least 4 members (excludes halogenated alkanes) is 25. The molecule has 3 unspecified atom stereocenters. The van der Waals surface area contributed by atoms with Crippen LogP contribution in [0, 0.1) is 0 Å². The highest BCUT2D eigenvalue weighted by Crippen LogP contribution is 2.14. The summed E-state index contributed by atoms with van der Waals surface area (Å²) < 4.78 is 0. The number of carbonyl (C=O) groups is 1. The Labute approximate surface area is 286 Å². The summed E-state index contributed by atoms with van der Waals surface area (Å²) in [6, 6.07) is -0.743. The van der Waals surface area contributed by atoms with E-state index >= 15 is 0 Å². The molecule has 0 aromatic heterocycles. The Morgan fingerprint density at radius 1 is 0.543 bits per heavy atom. The van der Waals surface area contributed by atoms with Crippen LogP contribution in [-0.2, 0) is 4.79 Å². The average Bonchev–Trinajstić information content (AvgIpc) is 3.05. The third-order valence-electron chi connectivity index (χ3n) is 9.23. The molecule has 0 rings (SSSR count). The first-order valence-electron chi connectivity index (χ1n) is 20.1. The number of nitrogens with one attached hydrogen (secondary N) is 1. The largest absolute Gasteiger partial charge is 0.394 e. The molecule has 0 aliphatic carbocycles. The minimum absolute atomic E-state index is 0.00935. The predicted molar refractivity (Wildman–Crippen MR) is 199 cm³/mol. The van der Waals surface area contributed by atoms with E-state index in [1.165, 1.54) is 141 Å². The number of hydrogen-bond acceptors (Lipinski definition) is 4. The third kappa shape index (κ3) is 32.8. The molecule has 0 bridgehead atoms. The molecule has 0 radical (unpaired) electrons. The second-order valence-electron chi connectivity index (χ2n) is 13.9. The molecule has 4 N–H and O–H groups in total. The van der Waals surface area contributed by atoms with Gasteiger partial charge in [0.05, 0.1) is 31.3 Å². The number of hydrogen-bond donors (Lipinski definition) is 4. The standard InChI is InChI=1S/C41H79NO4/c1-3-5-7-9-11-13-15-17-18-19-20-21-23-24-26-28-30-32-34-38(44)36-41(46)42-39(37-43)40(45)35-33-31-29-27-25-22-16-14-12-10-8-6-4-2/h20-21,33,35,38-40,43-45H,3-19,22-32,34,36-37H2,1-2H3,(H,42,46)/b21-20-,35-33+. The highest BCUT2D eigenvalue weighted by Gasteiger charge is 2.20.